The molecule has 0 aliphatic carbocycles. The summed E-state index contributed by atoms with van der Waals surface area (Å²) in [6.07, 6.45) is 0.285. The molecule has 2 aromatic carbocycles. The van der Waals surface area contributed by atoms with Crippen LogP contribution in [0.2, 0.25) is 0 Å². The Bertz CT molecular complexity index is 974. The van der Waals surface area contributed by atoms with Gasteiger partial charge in [-0.1, -0.05) is 42.5 Å². The average molecular weight is 405 g/mol. The number of amides is 1. The summed E-state index contributed by atoms with van der Waals surface area (Å²) in [5, 5.41) is 11.9. The SMILES string of the molecule is CN(C)CCN(Cc1ccc(C#N)cc1)C(=O)Cc1csc(-c2ccccc2)n1. The lowest BCUT2D eigenvalue weighted by Gasteiger charge is -2.24. The smallest absolute Gasteiger partial charge is 0.228 e. The molecule has 0 atom stereocenters. The van der Waals surface area contributed by atoms with Gasteiger partial charge in [-0.25, -0.2) is 4.98 Å². The van der Waals surface area contributed by atoms with Gasteiger partial charge < -0.3 is 9.80 Å². The lowest BCUT2D eigenvalue weighted by Crippen LogP contribution is -2.37. The molecule has 148 valence electrons. The molecule has 1 amide bonds. The van der Waals surface area contributed by atoms with Crippen molar-refractivity contribution in [1.82, 2.24) is 14.8 Å². The number of benzene rings is 2. The van der Waals surface area contributed by atoms with E-state index < -0.39 is 0 Å². The second-order valence-electron chi connectivity index (χ2n) is 7.11. The first-order valence-electron chi connectivity index (χ1n) is 9.46. The zero-order chi connectivity index (χ0) is 20.6. The van der Waals surface area contributed by atoms with Gasteiger partial charge in [-0.3, -0.25) is 4.79 Å². The molecule has 0 aliphatic rings. The Morgan fingerprint density at radius 1 is 1.07 bits per heavy atom. The first-order chi connectivity index (χ1) is 14.0. The van der Waals surface area contributed by atoms with E-state index in [0.717, 1.165) is 28.4 Å². The lowest BCUT2D eigenvalue weighted by atomic mass is 10.1. The number of carbonyl (C=O) groups is 1. The number of rotatable bonds is 8. The van der Waals surface area contributed by atoms with Crippen LogP contribution in [0.3, 0.4) is 0 Å². The summed E-state index contributed by atoms with van der Waals surface area (Å²) in [6, 6.07) is 19.5. The molecule has 0 saturated heterocycles. The number of nitrogens with zero attached hydrogens (tertiary/aromatic N) is 4. The fourth-order valence-electron chi connectivity index (χ4n) is 2.89. The Balaban J connectivity index is 1.70. The summed E-state index contributed by atoms with van der Waals surface area (Å²) in [5.74, 6) is 0.0566. The number of aromatic nitrogens is 1. The Kier molecular flexibility index (Phi) is 7.12. The van der Waals surface area contributed by atoms with Crippen molar-refractivity contribution in [3.8, 4) is 16.6 Å². The normalized spacial score (nSPS) is 10.7. The van der Waals surface area contributed by atoms with E-state index in [4.69, 9.17) is 5.26 Å². The van der Waals surface area contributed by atoms with Crippen molar-refractivity contribution < 1.29 is 4.79 Å². The van der Waals surface area contributed by atoms with E-state index in [1.807, 2.05) is 66.8 Å². The highest BCUT2D eigenvalue weighted by Crippen LogP contribution is 2.23. The number of nitriles is 1. The van der Waals surface area contributed by atoms with Gasteiger partial charge in [0, 0.05) is 30.6 Å². The summed E-state index contributed by atoms with van der Waals surface area (Å²) < 4.78 is 0. The highest BCUT2D eigenvalue weighted by Gasteiger charge is 2.17. The van der Waals surface area contributed by atoms with Crippen molar-refractivity contribution in [2.75, 3.05) is 27.2 Å². The Morgan fingerprint density at radius 3 is 2.45 bits per heavy atom. The van der Waals surface area contributed by atoms with Crippen LogP contribution in [-0.2, 0) is 17.8 Å². The van der Waals surface area contributed by atoms with E-state index >= 15 is 0 Å². The van der Waals surface area contributed by atoms with Gasteiger partial charge in [-0.15, -0.1) is 11.3 Å². The van der Waals surface area contributed by atoms with Crippen molar-refractivity contribution in [2.24, 2.45) is 0 Å². The molecule has 0 spiro atoms. The highest BCUT2D eigenvalue weighted by atomic mass is 32.1. The molecule has 5 nitrogen and oxygen atoms in total. The topological polar surface area (TPSA) is 60.2 Å². The molecule has 0 unspecified atom stereocenters. The van der Waals surface area contributed by atoms with Crippen LogP contribution in [0.15, 0.2) is 60.0 Å². The molecule has 0 bridgehead atoms. The number of hydrogen-bond acceptors (Lipinski definition) is 5. The van der Waals surface area contributed by atoms with Crippen LogP contribution >= 0.6 is 11.3 Å². The summed E-state index contributed by atoms with van der Waals surface area (Å²) >= 11 is 1.56. The van der Waals surface area contributed by atoms with E-state index in [1.54, 1.807) is 23.5 Å². The molecular formula is C23H24N4OS. The van der Waals surface area contributed by atoms with Crippen molar-refractivity contribution in [2.45, 2.75) is 13.0 Å². The fraction of sp³-hybridized carbons (Fsp3) is 0.261. The zero-order valence-electron chi connectivity index (χ0n) is 16.7. The van der Waals surface area contributed by atoms with Crippen LogP contribution in [0.5, 0.6) is 0 Å². The van der Waals surface area contributed by atoms with E-state index in [1.165, 1.54) is 0 Å². The molecule has 1 aromatic heterocycles. The number of thiazole rings is 1. The summed E-state index contributed by atoms with van der Waals surface area (Å²) in [6.45, 7) is 1.95. The van der Waals surface area contributed by atoms with Crippen LogP contribution in [0.25, 0.3) is 10.6 Å². The van der Waals surface area contributed by atoms with E-state index in [0.29, 0.717) is 18.7 Å². The Hall–Kier alpha value is -3.01. The van der Waals surface area contributed by atoms with Crippen LogP contribution in [-0.4, -0.2) is 47.9 Å². The molecule has 0 saturated carbocycles. The number of likely N-dealkylation sites (N-methyl/N-ethyl adjacent to an activating group) is 1. The first-order valence-corrected chi connectivity index (χ1v) is 10.3. The molecule has 0 radical (unpaired) electrons. The minimum absolute atomic E-state index is 0.0566. The van der Waals surface area contributed by atoms with Gasteiger partial charge in [-0.2, -0.15) is 5.26 Å². The van der Waals surface area contributed by atoms with Crippen molar-refractivity contribution >= 4 is 17.2 Å². The second kappa shape index (κ2) is 9.97. The monoisotopic (exact) mass is 404 g/mol. The van der Waals surface area contributed by atoms with E-state index in [-0.39, 0.29) is 12.3 Å². The fourth-order valence-corrected chi connectivity index (χ4v) is 3.71. The quantitative estimate of drug-likeness (QED) is 0.573. The maximum Gasteiger partial charge on any atom is 0.228 e. The molecule has 0 N–H and O–H groups in total. The highest BCUT2D eigenvalue weighted by molar-refractivity contribution is 7.13. The molecular weight excluding hydrogens is 380 g/mol. The minimum atomic E-state index is 0.0566. The van der Waals surface area contributed by atoms with E-state index in [2.05, 4.69) is 16.0 Å². The second-order valence-corrected chi connectivity index (χ2v) is 7.97. The van der Waals surface area contributed by atoms with Crippen LogP contribution in [0.1, 0.15) is 16.8 Å². The van der Waals surface area contributed by atoms with Crippen LogP contribution < -0.4 is 0 Å². The minimum Gasteiger partial charge on any atom is -0.337 e. The summed E-state index contributed by atoms with van der Waals surface area (Å²) in [4.78, 5) is 21.6. The van der Waals surface area contributed by atoms with Gasteiger partial charge in [0.15, 0.2) is 0 Å². The average Bonchev–Trinajstić information content (AvgIpc) is 3.20. The van der Waals surface area contributed by atoms with Crippen molar-refractivity contribution in [3.05, 3.63) is 76.8 Å². The molecule has 29 heavy (non-hydrogen) atoms. The maximum atomic E-state index is 13.0. The van der Waals surface area contributed by atoms with Gasteiger partial charge >= 0.3 is 0 Å². The van der Waals surface area contributed by atoms with Gasteiger partial charge in [-0.05, 0) is 31.8 Å². The van der Waals surface area contributed by atoms with Crippen molar-refractivity contribution in [1.29, 1.82) is 5.26 Å². The zero-order valence-corrected chi connectivity index (χ0v) is 17.5. The third-order valence-corrected chi connectivity index (χ3v) is 5.47. The molecule has 1 heterocycles. The lowest BCUT2D eigenvalue weighted by molar-refractivity contribution is -0.131. The molecule has 3 aromatic rings. The predicted molar refractivity (Wildman–Crippen MR) is 116 cm³/mol. The van der Waals surface area contributed by atoms with Gasteiger partial charge in [0.05, 0.1) is 23.7 Å². The number of carbonyl (C=O) groups excluding carboxylic acids is 1. The van der Waals surface area contributed by atoms with Gasteiger partial charge in [0.2, 0.25) is 5.91 Å². The third kappa shape index (κ3) is 5.98. The Labute approximate surface area is 175 Å². The van der Waals surface area contributed by atoms with Crippen LogP contribution in [0.4, 0.5) is 0 Å². The summed E-state index contributed by atoms with van der Waals surface area (Å²) in [5.41, 5.74) is 3.50. The Morgan fingerprint density at radius 2 is 1.79 bits per heavy atom. The third-order valence-electron chi connectivity index (χ3n) is 4.53. The summed E-state index contributed by atoms with van der Waals surface area (Å²) in [7, 11) is 3.99. The molecule has 0 aliphatic heterocycles. The standard InChI is InChI=1S/C23H24N4OS/c1-26(2)12-13-27(16-19-10-8-18(15-24)9-11-19)22(28)14-21-17-29-23(25-21)20-6-4-3-5-7-20/h3-11,17H,12-14,16H2,1-2H3. The maximum absolute atomic E-state index is 13.0. The van der Waals surface area contributed by atoms with Crippen molar-refractivity contribution in [3.63, 3.8) is 0 Å². The predicted octanol–water partition coefficient (Wildman–Crippen LogP) is 3.81. The molecule has 0 fully saturated rings. The van der Waals surface area contributed by atoms with Crippen LogP contribution in [0, 0.1) is 11.3 Å². The van der Waals surface area contributed by atoms with Gasteiger partial charge in [0.25, 0.3) is 0 Å². The molecule has 6 heteroatoms. The first kappa shape index (κ1) is 20.7. The van der Waals surface area contributed by atoms with Gasteiger partial charge in [0.1, 0.15) is 5.01 Å². The number of hydrogen-bond donors (Lipinski definition) is 0. The van der Waals surface area contributed by atoms with E-state index in [9.17, 15) is 4.79 Å². The largest absolute Gasteiger partial charge is 0.337 e. The molecule has 3 rings (SSSR count).